The molecule has 1 aromatic rings. The van der Waals surface area contributed by atoms with Gasteiger partial charge < -0.3 is 20.3 Å². The van der Waals surface area contributed by atoms with E-state index in [1.165, 1.54) is 14.2 Å². The highest BCUT2D eigenvalue weighted by Crippen LogP contribution is 2.42. The largest absolute Gasteiger partial charge is 0.493 e. The van der Waals surface area contributed by atoms with Gasteiger partial charge in [0, 0.05) is 18.2 Å². The van der Waals surface area contributed by atoms with Gasteiger partial charge in [0.25, 0.3) is 0 Å². The molecular formula is C11H13BrFNO4. The van der Waals surface area contributed by atoms with Gasteiger partial charge in [-0.15, -0.1) is 0 Å². The smallest absolute Gasteiger partial charge is 0.312 e. The molecule has 0 fully saturated rings. The van der Waals surface area contributed by atoms with Crippen LogP contribution in [0.3, 0.4) is 0 Å². The highest BCUT2D eigenvalue weighted by molar-refractivity contribution is 9.10. The average Bonchev–Trinajstić information content (AvgIpc) is 2.34. The lowest BCUT2D eigenvalue weighted by Crippen LogP contribution is -2.22. The van der Waals surface area contributed by atoms with Crippen LogP contribution in [0.5, 0.6) is 11.5 Å². The Morgan fingerprint density at radius 1 is 1.56 bits per heavy atom. The van der Waals surface area contributed by atoms with Gasteiger partial charge in [-0.25, -0.2) is 4.39 Å². The Labute approximate surface area is 112 Å². The molecule has 0 saturated heterocycles. The van der Waals surface area contributed by atoms with Crippen molar-refractivity contribution >= 4 is 21.9 Å². The quantitative estimate of drug-likeness (QED) is 0.863. The average molecular weight is 322 g/mol. The fraction of sp³-hybridized carbons (Fsp3) is 0.364. The van der Waals surface area contributed by atoms with Crippen LogP contribution < -0.4 is 15.2 Å². The number of carbonyl (C=O) groups is 1. The number of methoxy groups -OCH3 is 2. The summed E-state index contributed by atoms with van der Waals surface area (Å²) < 4.78 is 23.8. The molecule has 0 amide bonds. The van der Waals surface area contributed by atoms with E-state index in [0.29, 0.717) is 0 Å². The van der Waals surface area contributed by atoms with Gasteiger partial charge in [-0.2, -0.15) is 0 Å². The van der Waals surface area contributed by atoms with Crippen LogP contribution in [0.15, 0.2) is 10.5 Å². The molecule has 1 unspecified atom stereocenters. The molecular weight excluding hydrogens is 309 g/mol. The van der Waals surface area contributed by atoms with Crippen LogP contribution in [-0.2, 0) is 4.79 Å². The predicted molar refractivity (Wildman–Crippen MR) is 66.6 cm³/mol. The molecule has 7 heteroatoms. The van der Waals surface area contributed by atoms with E-state index in [4.69, 9.17) is 20.3 Å². The Bertz CT molecular complexity index is 467. The van der Waals surface area contributed by atoms with E-state index < -0.39 is 17.7 Å². The predicted octanol–water partition coefficient (Wildman–Crippen LogP) is 1.73. The summed E-state index contributed by atoms with van der Waals surface area (Å²) in [4.78, 5) is 11.1. The minimum Gasteiger partial charge on any atom is -0.493 e. The lowest BCUT2D eigenvalue weighted by atomic mass is 9.97. The van der Waals surface area contributed by atoms with Crippen molar-refractivity contribution in [2.75, 3.05) is 20.8 Å². The number of benzene rings is 1. The standard InChI is InChI=1S/C11H13BrFNO4/c1-17-7-3-6(13)9(12)8(10(7)18-2)5(4-14)11(15)16/h3,5H,4,14H2,1-2H3,(H,15,16). The van der Waals surface area contributed by atoms with Crippen LogP contribution in [0.25, 0.3) is 0 Å². The minimum absolute atomic E-state index is 0.0120. The fourth-order valence-electron chi connectivity index (χ4n) is 1.62. The summed E-state index contributed by atoms with van der Waals surface area (Å²) in [7, 11) is 2.69. The second-order valence-corrected chi connectivity index (χ2v) is 4.24. The molecule has 1 rings (SSSR count). The zero-order chi connectivity index (χ0) is 13.9. The number of nitrogens with two attached hydrogens (primary N) is 1. The second kappa shape index (κ2) is 6.01. The lowest BCUT2D eigenvalue weighted by Gasteiger charge is -2.19. The topological polar surface area (TPSA) is 81.8 Å². The molecule has 18 heavy (non-hydrogen) atoms. The van der Waals surface area contributed by atoms with Crippen LogP contribution in [0, 0.1) is 5.82 Å². The molecule has 0 spiro atoms. The van der Waals surface area contributed by atoms with Gasteiger partial charge in [0.05, 0.1) is 24.6 Å². The Hall–Kier alpha value is -1.34. The van der Waals surface area contributed by atoms with E-state index in [-0.39, 0.29) is 28.1 Å². The molecule has 3 N–H and O–H groups in total. The summed E-state index contributed by atoms with van der Waals surface area (Å²) in [5.41, 5.74) is 5.55. The molecule has 0 saturated carbocycles. The number of carboxylic acid groups (broad SMARTS) is 1. The normalized spacial score (nSPS) is 12.1. The van der Waals surface area contributed by atoms with Gasteiger partial charge in [-0.05, 0) is 15.9 Å². The monoisotopic (exact) mass is 321 g/mol. The highest BCUT2D eigenvalue weighted by atomic mass is 79.9. The Morgan fingerprint density at radius 3 is 2.56 bits per heavy atom. The Morgan fingerprint density at radius 2 is 2.17 bits per heavy atom. The van der Waals surface area contributed by atoms with Crippen molar-refractivity contribution in [1.29, 1.82) is 0 Å². The maximum atomic E-state index is 13.7. The van der Waals surface area contributed by atoms with Crippen molar-refractivity contribution in [3.05, 3.63) is 21.9 Å². The SMILES string of the molecule is COc1cc(F)c(Br)c(C(CN)C(=O)O)c1OC. The number of rotatable bonds is 5. The molecule has 0 bridgehead atoms. The zero-order valence-electron chi connectivity index (χ0n) is 9.87. The summed E-state index contributed by atoms with van der Waals surface area (Å²) in [6.07, 6.45) is 0. The molecule has 0 aliphatic carbocycles. The van der Waals surface area contributed by atoms with E-state index >= 15 is 0 Å². The van der Waals surface area contributed by atoms with Gasteiger partial charge in [-0.1, -0.05) is 0 Å². The number of halogens is 2. The van der Waals surface area contributed by atoms with Gasteiger partial charge in [0.2, 0.25) is 0 Å². The Balaban J connectivity index is 3.57. The zero-order valence-corrected chi connectivity index (χ0v) is 11.5. The van der Waals surface area contributed by atoms with Crippen molar-refractivity contribution < 1.29 is 23.8 Å². The number of aliphatic carboxylic acids is 1. The van der Waals surface area contributed by atoms with Gasteiger partial charge in [0.15, 0.2) is 11.5 Å². The van der Waals surface area contributed by atoms with Crippen LogP contribution in [0.1, 0.15) is 11.5 Å². The first-order valence-electron chi connectivity index (χ1n) is 5.00. The molecule has 0 heterocycles. The fourth-order valence-corrected chi connectivity index (χ4v) is 2.19. The second-order valence-electron chi connectivity index (χ2n) is 3.45. The van der Waals surface area contributed by atoms with Crippen LogP contribution >= 0.6 is 15.9 Å². The molecule has 5 nitrogen and oxygen atoms in total. The summed E-state index contributed by atoms with van der Waals surface area (Å²) in [6, 6.07) is 1.11. The summed E-state index contributed by atoms with van der Waals surface area (Å²) in [5.74, 6) is -2.61. The summed E-state index contributed by atoms with van der Waals surface area (Å²) in [6.45, 7) is -0.184. The van der Waals surface area contributed by atoms with E-state index in [1.54, 1.807) is 0 Å². The first-order valence-corrected chi connectivity index (χ1v) is 5.79. The number of hydrogen-bond donors (Lipinski definition) is 2. The minimum atomic E-state index is -1.16. The van der Waals surface area contributed by atoms with Crippen LogP contribution in [0.4, 0.5) is 4.39 Å². The molecule has 0 radical (unpaired) electrons. The number of carboxylic acids is 1. The first-order chi connectivity index (χ1) is 8.47. The maximum Gasteiger partial charge on any atom is 0.312 e. The van der Waals surface area contributed by atoms with Gasteiger partial charge in [0.1, 0.15) is 5.82 Å². The van der Waals surface area contributed by atoms with E-state index in [1.807, 2.05) is 0 Å². The van der Waals surface area contributed by atoms with Crippen molar-refractivity contribution in [1.82, 2.24) is 0 Å². The van der Waals surface area contributed by atoms with Crippen LogP contribution in [-0.4, -0.2) is 31.8 Å². The van der Waals surface area contributed by atoms with Crippen molar-refractivity contribution in [3.63, 3.8) is 0 Å². The third-order valence-electron chi connectivity index (χ3n) is 2.48. The van der Waals surface area contributed by atoms with Crippen molar-refractivity contribution in [3.8, 4) is 11.5 Å². The van der Waals surface area contributed by atoms with Gasteiger partial charge in [-0.3, -0.25) is 4.79 Å². The van der Waals surface area contributed by atoms with E-state index in [0.717, 1.165) is 6.07 Å². The third-order valence-corrected chi connectivity index (χ3v) is 3.28. The highest BCUT2D eigenvalue weighted by Gasteiger charge is 2.29. The van der Waals surface area contributed by atoms with Crippen molar-refractivity contribution in [2.24, 2.45) is 5.73 Å². The molecule has 1 atom stereocenters. The molecule has 100 valence electrons. The number of ether oxygens (including phenoxy) is 2. The molecule has 0 aromatic heterocycles. The summed E-state index contributed by atoms with van der Waals surface area (Å²) in [5, 5.41) is 9.11. The molecule has 1 aromatic carbocycles. The Kier molecular flexibility index (Phi) is 4.92. The molecule has 0 aliphatic rings. The third kappa shape index (κ3) is 2.56. The van der Waals surface area contributed by atoms with Crippen molar-refractivity contribution in [2.45, 2.75) is 5.92 Å². The maximum absolute atomic E-state index is 13.7. The number of hydrogen-bond acceptors (Lipinski definition) is 4. The van der Waals surface area contributed by atoms with E-state index in [2.05, 4.69) is 15.9 Å². The molecule has 0 aliphatic heterocycles. The summed E-state index contributed by atoms with van der Waals surface area (Å²) >= 11 is 3.02. The van der Waals surface area contributed by atoms with E-state index in [9.17, 15) is 9.18 Å². The first kappa shape index (κ1) is 14.7. The lowest BCUT2D eigenvalue weighted by molar-refractivity contribution is -0.138. The van der Waals surface area contributed by atoms with Crippen LogP contribution in [0.2, 0.25) is 0 Å². The van der Waals surface area contributed by atoms with Gasteiger partial charge >= 0.3 is 5.97 Å².